The second-order valence-corrected chi connectivity index (χ2v) is 2.81. The lowest BCUT2D eigenvalue weighted by atomic mass is 10.2. The van der Waals surface area contributed by atoms with E-state index in [1.54, 1.807) is 13.8 Å². The largest absolute Gasteiger partial charge is 0.464 e. The number of esters is 1. The Balaban J connectivity index is 4.81. The highest BCUT2D eigenvalue weighted by atomic mass is 16.6. The molecule has 0 fully saturated rings. The van der Waals surface area contributed by atoms with Gasteiger partial charge < -0.3 is 10.1 Å². The Bertz CT molecular complexity index is 266. The van der Waals surface area contributed by atoms with Crippen molar-refractivity contribution in [1.29, 1.82) is 0 Å². The Hall–Kier alpha value is -1.32. The number of carbonyl (C=O) groups is 2. The minimum absolute atomic E-state index is 0.000000000000000222. The zero-order valence-electron chi connectivity index (χ0n) is 9.30. The summed E-state index contributed by atoms with van der Waals surface area (Å²) in [6.45, 7) is 4.48. The predicted octanol–water partition coefficient (Wildman–Crippen LogP) is 0.835. The number of nitrogens with one attached hydrogen (secondary N) is 1. The summed E-state index contributed by atoms with van der Waals surface area (Å²) >= 11 is 0. The molecule has 0 unspecified atom stereocenters. The molecule has 0 saturated carbocycles. The Morgan fingerprint density at radius 1 is 1.54 bits per heavy atom. The van der Waals surface area contributed by atoms with Gasteiger partial charge in [-0.15, -0.1) is 0 Å². The number of amides is 1. The zero-order valence-corrected chi connectivity index (χ0v) is 8.30. The van der Waals surface area contributed by atoms with E-state index >= 15 is 0 Å². The number of hydrogen-bond donors (Lipinski definition) is 1. The molecule has 0 aliphatic carbocycles. The first-order valence-electron chi connectivity index (χ1n) is 4.35. The molecule has 0 saturated heterocycles. The second kappa shape index (κ2) is 5.35. The van der Waals surface area contributed by atoms with E-state index in [1.165, 1.54) is 20.1 Å². The van der Waals surface area contributed by atoms with Gasteiger partial charge in [-0.05, 0) is 5.89 Å². The van der Waals surface area contributed by atoms with Crippen LogP contribution in [0.2, 0.25) is 0 Å². The van der Waals surface area contributed by atoms with Crippen LogP contribution in [-0.2, 0) is 14.3 Å². The first-order chi connectivity index (χ1) is 6.26. The third-order valence-corrected chi connectivity index (χ3v) is 1.15. The molecule has 0 atom stereocenters. The summed E-state index contributed by atoms with van der Waals surface area (Å²) in [6, 6.07) is 0. The highest BCUT2D eigenvalue weighted by molar-refractivity contribution is 5.93. The van der Waals surface area contributed by atoms with Crippen LogP contribution >= 0.6 is 0 Å². The first-order valence-corrected chi connectivity index (χ1v) is 3.85. The van der Waals surface area contributed by atoms with Crippen molar-refractivity contribution >= 4 is 11.9 Å². The number of allylic oxidation sites excluding steroid dienone is 1. The average Bonchev–Trinajstić information content (AvgIpc) is 1.98. The summed E-state index contributed by atoms with van der Waals surface area (Å²) in [4.78, 5) is 21.9. The smallest absolute Gasteiger partial charge is 0.354 e. The predicted molar refractivity (Wildman–Crippen MR) is 48.8 cm³/mol. The Morgan fingerprint density at radius 3 is 2.38 bits per heavy atom. The number of ether oxygens (including phenoxy) is 1. The third-order valence-electron chi connectivity index (χ3n) is 1.15. The summed E-state index contributed by atoms with van der Waals surface area (Å²) < 4.78 is 12.0. The minimum Gasteiger partial charge on any atom is -0.464 e. The number of hydrogen-bond acceptors (Lipinski definition) is 3. The first kappa shape index (κ1) is 9.77. The van der Waals surface area contributed by atoms with E-state index in [4.69, 9.17) is 1.37 Å². The van der Waals surface area contributed by atoms with Gasteiger partial charge in [0, 0.05) is 8.29 Å². The van der Waals surface area contributed by atoms with Gasteiger partial charge in [0.15, 0.2) is 0 Å². The zero-order chi connectivity index (χ0) is 11.4. The number of rotatable bonds is 3. The molecule has 13 heavy (non-hydrogen) atoms. The molecular formula is C9H15NO3. The second-order valence-electron chi connectivity index (χ2n) is 2.81. The van der Waals surface area contributed by atoms with E-state index in [0.29, 0.717) is 0 Å². The van der Waals surface area contributed by atoms with E-state index in [2.05, 4.69) is 10.1 Å². The van der Waals surface area contributed by atoms with Gasteiger partial charge >= 0.3 is 5.97 Å². The quantitative estimate of drug-likeness (QED) is 0.404. The molecule has 0 aromatic carbocycles. The normalized spacial score (nSPS) is 13.2. The van der Waals surface area contributed by atoms with E-state index in [0.717, 1.165) is 0 Å². The molecule has 0 spiro atoms. The van der Waals surface area contributed by atoms with Gasteiger partial charge in [0.05, 0.1) is 7.11 Å². The van der Waals surface area contributed by atoms with Crippen molar-refractivity contribution < 1.29 is 15.7 Å². The van der Waals surface area contributed by atoms with Crippen molar-refractivity contribution in [2.45, 2.75) is 20.8 Å². The van der Waals surface area contributed by atoms with Crippen LogP contribution in [0.5, 0.6) is 0 Å². The Kier molecular flexibility index (Phi) is 4.02. The summed E-state index contributed by atoms with van der Waals surface area (Å²) in [7, 11) is 1.22. The summed E-state index contributed by atoms with van der Waals surface area (Å²) in [6.07, 6.45) is 1.33. The fraction of sp³-hybridized carbons (Fsp3) is 0.556. The molecule has 4 heteroatoms. The fourth-order valence-electron chi connectivity index (χ4n) is 0.734. The van der Waals surface area contributed by atoms with Gasteiger partial charge in [-0.2, -0.15) is 0 Å². The molecule has 74 valence electrons. The monoisotopic (exact) mass is 187 g/mol. The summed E-state index contributed by atoms with van der Waals surface area (Å²) in [5.41, 5.74) is 0.000000000000000222. The van der Waals surface area contributed by atoms with Gasteiger partial charge in [0.25, 0.3) is 0 Å². The summed E-state index contributed by atoms with van der Waals surface area (Å²) in [5, 5.41) is 2.31. The molecule has 4 nitrogen and oxygen atoms in total. The van der Waals surface area contributed by atoms with Crippen molar-refractivity contribution in [3.63, 3.8) is 0 Å². The molecule has 0 rings (SSSR count). The lowest BCUT2D eigenvalue weighted by Crippen LogP contribution is -2.26. The lowest BCUT2D eigenvalue weighted by Gasteiger charge is -2.06. The molecule has 0 heterocycles. The van der Waals surface area contributed by atoms with Crippen molar-refractivity contribution in [3.05, 3.63) is 11.8 Å². The summed E-state index contributed by atoms with van der Waals surface area (Å²) in [5.74, 6) is -1.96. The Morgan fingerprint density at radius 2 is 2.08 bits per heavy atom. The van der Waals surface area contributed by atoms with Gasteiger partial charge in [0.2, 0.25) is 5.91 Å². The van der Waals surface area contributed by atoms with Crippen LogP contribution in [0.1, 0.15) is 22.1 Å². The van der Waals surface area contributed by atoms with Crippen molar-refractivity contribution in [2.24, 2.45) is 5.89 Å². The van der Waals surface area contributed by atoms with Crippen LogP contribution in [0.3, 0.4) is 0 Å². The highest BCUT2D eigenvalue weighted by Gasteiger charge is 2.10. The average molecular weight is 187 g/mol. The van der Waals surface area contributed by atoms with E-state index < -0.39 is 11.9 Å². The molecule has 0 aromatic rings. The van der Waals surface area contributed by atoms with Gasteiger partial charge in [0.1, 0.15) is 5.70 Å². The van der Waals surface area contributed by atoms with Crippen molar-refractivity contribution in [1.82, 2.24) is 5.32 Å². The SMILES string of the molecule is [2H]C(C)(C)/C=C(\NC(C)=O)[13C](=O)OC. The van der Waals surface area contributed by atoms with Gasteiger partial charge in [-0.25, -0.2) is 4.79 Å². The van der Waals surface area contributed by atoms with E-state index in [-0.39, 0.29) is 11.6 Å². The van der Waals surface area contributed by atoms with E-state index in [1.807, 2.05) is 0 Å². The Labute approximate surface area is 79.4 Å². The number of carbonyl (C=O) groups excluding carboxylic acids is 2. The molecule has 0 aromatic heterocycles. The van der Waals surface area contributed by atoms with Crippen LogP contribution < -0.4 is 5.32 Å². The molecule has 0 aliphatic rings. The van der Waals surface area contributed by atoms with E-state index in [9.17, 15) is 9.59 Å². The molecule has 0 radical (unpaired) electrons. The van der Waals surface area contributed by atoms with Crippen LogP contribution in [0.25, 0.3) is 0 Å². The van der Waals surface area contributed by atoms with Gasteiger partial charge in [-0.1, -0.05) is 19.9 Å². The van der Waals surface area contributed by atoms with Crippen LogP contribution in [-0.4, -0.2) is 19.0 Å². The number of methoxy groups -OCH3 is 1. The molecule has 0 bridgehead atoms. The minimum atomic E-state index is -0.939. The molecule has 0 aliphatic heterocycles. The van der Waals surface area contributed by atoms with Crippen molar-refractivity contribution in [2.75, 3.05) is 7.11 Å². The maximum absolute atomic E-state index is 11.1. The van der Waals surface area contributed by atoms with Crippen LogP contribution in [0.4, 0.5) is 0 Å². The maximum Gasteiger partial charge on any atom is 0.354 e. The third kappa shape index (κ3) is 5.00. The highest BCUT2D eigenvalue weighted by Crippen LogP contribution is 2.01. The maximum atomic E-state index is 11.1. The van der Waals surface area contributed by atoms with Crippen LogP contribution in [0, 0.1) is 5.89 Å². The molecule has 1 amide bonds. The molecular weight excluding hydrogens is 171 g/mol. The lowest BCUT2D eigenvalue weighted by molar-refractivity contribution is -0.137. The molecule has 1 N–H and O–H groups in total. The van der Waals surface area contributed by atoms with Crippen molar-refractivity contribution in [3.8, 4) is 0 Å². The fourth-order valence-corrected chi connectivity index (χ4v) is 0.734. The van der Waals surface area contributed by atoms with Gasteiger partial charge in [-0.3, -0.25) is 4.79 Å². The topological polar surface area (TPSA) is 55.4 Å². The van der Waals surface area contributed by atoms with Crippen LogP contribution in [0.15, 0.2) is 11.8 Å². The standard InChI is InChI=1S/C9H15NO3/c1-6(2)5-8(9(12)13-4)10-7(3)11/h5-6H,1-4H3,(H,10,11)/b8-5-/i6D,9+1.